The number of nitrogens with zero attached hydrogens (tertiary/aromatic N) is 2. The van der Waals surface area contributed by atoms with Gasteiger partial charge in [0.2, 0.25) is 5.16 Å². The maximum atomic E-state index is 11.6. The summed E-state index contributed by atoms with van der Waals surface area (Å²) in [6.07, 6.45) is 2.46. The summed E-state index contributed by atoms with van der Waals surface area (Å²) in [6.45, 7) is 5.74. The van der Waals surface area contributed by atoms with Crippen molar-refractivity contribution in [1.82, 2.24) is 15.2 Å². The van der Waals surface area contributed by atoms with Crippen molar-refractivity contribution in [1.29, 1.82) is 0 Å². The lowest BCUT2D eigenvalue weighted by atomic mass is 9.96. The largest absolute Gasteiger partial charge is 0.465 e. The van der Waals surface area contributed by atoms with E-state index in [9.17, 15) is 4.79 Å². The maximum Gasteiger partial charge on any atom is 0.325 e. The van der Waals surface area contributed by atoms with Crippen molar-refractivity contribution in [2.45, 2.75) is 50.7 Å². The second kappa shape index (κ2) is 7.49. The number of hydrogen-bond acceptors (Lipinski definition) is 6. The number of nitrogens with two attached hydrogens (primary N) is 1. The van der Waals surface area contributed by atoms with E-state index in [0.717, 1.165) is 29.6 Å². The summed E-state index contributed by atoms with van der Waals surface area (Å²) in [4.78, 5) is 15.8. The van der Waals surface area contributed by atoms with Crippen molar-refractivity contribution in [3.8, 4) is 0 Å². The molecule has 1 rings (SSSR count). The molecule has 0 amide bonds. The molecule has 3 N–H and O–H groups in total. The minimum Gasteiger partial charge on any atom is -0.465 e. The quantitative estimate of drug-likeness (QED) is 0.429. The Bertz CT molecular complexity index is 406. The Morgan fingerprint density at radius 1 is 1.53 bits per heavy atom. The number of ether oxygens (including phenoxy) is 1. The summed E-state index contributed by atoms with van der Waals surface area (Å²) in [5, 5.41) is 7.60. The highest BCUT2D eigenvalue weighted by Gasteiger charge is 2.28. The molecule has 0 saturated heterocycles. The van der Waals surface area contributed by atoms with Gasteiger partial charge < -0.3 is 10.5 Å². The molecule has 0 fully saturated rings. The normalized spacial score (nSPS) is 14.1. The fourth-order valence-corrected chi connectivity index (χ4v) is 2.39. The van der Waals surface area contributed by atoms with Gasteiger partial charge in [-0.2, -0.15) is 0 Å². The number of nitrogens with one attached hydrogen (secondary N) is 1. The topological polar surface area (TPSA) is 93.9 Å². The Labute approximate surface area is 117 Å². The standard InChI is InChI=1S/C12H22N4O2S/c1-4-18-10(17)12(3,13)7-5-6-8-19-11-14-9(2)15-16-11/h4-8,13H2,1-3H3,(H,14,15,16). The Hall–Kier alpha value is -1.08. The lowest BCUT2D eigenvalue weighted by Crippen LogP contribution is -2.46. The van der Waals surface area contributed by atoms with E-state index in [1.54, 1.807) is 25.6 Å². The fraction of sp³-hybridized carbons (Fsp3) is 0.750. The van der Waals surface area contributed by atoms with Crippen LogP contribution in [0.2, 0.25) is 0 Å². The van der Waals surface area contributed by atoms with E-state index < -0.39 is 5.54 Å². The first-order valence-electron chi connectivity index (χ1n) is 6.43. The van der Waals surface area contributed by atoms with E-state index in [2.05, 4.69) is 15.2 Å². The number of unbranched alkanes of at least 4 members (excludes halogenated alkanes) is 1. The number of carbonyl (C=O) groups excluding carboxylic acids is 1. The van der Waals surface area contributed by atoms with Crippen LogP contribution in [0.3, 0.4) is 0 Å². The molecule has 7 heteroatoms. The molecule has 6 nitrogen and oxygen atoms in total. The molecular formula is C12H22N4O2S. The zero-order chi connectivity index (χ0) is 14.3. The summed E-state index contributed by atoms with van der Waals surface area (Å²) in [7, 11) is 0. The first-order valence-corrected chi connectivity index (χ1v) is 7.42. The SMILES string of the molecule is CCOC(=O)C(C)(N)CCCCSc1n[nH]c(C)n1. The van der Waals surface area contributed by atoms with Gasteiger partial charge in [0.25, 0.3) is 0 Å². The number of H-pyrrole nitrogens is 1. The number of aryl methyl sites for hydroxylation is 1. The highest BCUT2D eigenvalue weighted by molar-refractivity contribution is 7.99. The average Bonchev–Trinajstić information content (AvgIpc) is 2.75. The van der Waals surface area contributed by atoms with Crippen molar-refractivity contribution in [3.05, 3.63) is 5.82 Å². The minimum atomic E-state index is -0.887. The van der Waals surface area contributed by atoms with E-state index in [0.29, 0.717) is 13.0 Å². The Balaban J connectivity index is 2.18. The smallest absolute Gasteiger partial charge is 0.325 e. The molecule has 1 unspecified atom stereocenters. The van der Waals surface area contributed by atoms with Crippen LogP contribution < -0.4 is 5.73 Å². The molecule has 1 atom stereocenters. The van der Waals surface area contributed by atoms with Crippen LogP contribution in [-0.4, -0.2) is 39.0 Å². The maximum absolute atomic E-state index is 11.6. The monoisotopic (exact) mass is 286 g/mol. The summed E-state index contributed by atoms with van der Waals surface area (Å²) in [5.74, 6) is 1.41. The first kappa shape index (κ1) is 16.0. The molecule has 1 aromatic heterocycles. The van der Waals surface area contributed by atoms with Crippen LogP contribution in [-0.2, 0) is 9.53 Å². The fourth-order valence-electron chi connectivity index (χ4n) is 1.54. The third-order valence-corrected chi connectivity index (χ3v) is 3.57. The number of rotatable bonds is 8. The van der Waals surface area contributed by atoms with Crippen LogP contribution in [0, 0.1) is 6.92 Å². The summed E-state index contributed by atoms with van der Waals surface area (Å²) in [6, 6.07) is 0. The molecule has 0 bridgehead atoms. The molecule has 108 valence electrons. The zero-order valence-electron chi connectivity index (χ0n) is 11.7. The number of thioether (sulfide) groups is 1. The van der Waals surface area contributed by atoms with E-state index in [1.807, 2.05) is 6.92 Å². The van der Waals surface area contributed by atoms with Gasteiger partial charge in [0.15, 0.2) is 0 Å². The van der Waals surface area contributed by atoms with E-state index in [1.165, 1.54) is 0 Å². The number of carbonyl (C=O) groups is 1. The van der Waals surface area contributed by atoms with Gasteiger partial charge in [-0.25, -0.2) is 4.98 Å². The predicted octanol–water partition coefficient (Wildman–Crippen LogP) is 1.66. The second-order valence-corrected chi connectivity index (χ2v) is 5.71. The van der Waals surface area contributed by atoms with E-state index >= 15 is 0 Å². The molecule has 1 heterocycles. The molecule has 0 aromatic carbocycles. The van der Waals surface area contributed by atoms with Gasteiger partial charge in [0.1, 0.15) is 11.4 Å². The van der Waals surface area contributed by atoms with Gasteiger partial charge >= 0.3 is 5.97 Å². The molecule has 0 aliphatic heterocycles. The van der Waals surface area contributed by atoms with Crippen molar-refractivity contribution in [2.24, 2.45) is 5.73 Å². The number of aromatic nitrogens is 3. The molecule has 0 spiro atoms. The Morgan fingerprint density at radius 3 is 2.84 bits per heavy atom. The Morgan fingerprint density at radius 2 is 2.26 bits per heavy atom. The number of aromatic amines is 1. The molecule has 0 saturated carbocycles. The van der Waals surface area contributed by atoms with Gasteiger partial charge in [-0.15, -0.1) is 5.10 Å². The van der Waals surface area contributed by atoms with Crippen LogP contribution in [0.5, 0.6) is 0 Å². The zero-order valence-corrected chi connectivity index (χ0v) is 12.5. The third-order valence-electron chi connectivity index (χ3n) is 2.64. The molecular weight excluding hydrogens is 264 g/mol. The lowest BCUT2D eigenvalue weighted by Gasteiger charge is -2.21. The Kier molecular flexibility index (Phi) is 6.30. The van der Waals surface area contributed by atoms with Crippen LogP contribution in [0.25, 0.3) is 0 Å². The summed E-state index contributed by atoms with van der Waals surface area (Å²) in [5.41, 5.74) is 5.04. The third kappa shape index (κ3) is 5.61. The first-order chi connectivity index (χ1) is 8.95. The second-order valence-electron chi connectivity index (χ2n) is 4.65. The van der Waals surface area contributed by atoms with Crippen molar-refractivity contribution < 1.29 is 9.53 Å². The van der Waals surface area contributed by atoms with Crippen LogP contribution >= 0.6 is 11.8 Å². The molecule has 0 aliphatic rings. The van der Waals surface area contributed by atoms with Gasteiger partial charge in [-0.3, -0.25) is 9.89 Å². The lowest BCUT2D eigenvalue weighted by molar-refractivity contribution is -0.149. The number of esters is 1. The predicted molar refractivity (Wildman–Crippen MR) is 74.9 cm³/mol. The minimum absolute atomic E-state index is 0.327. The highest BCUT2D eigenvalue weighted by Crippen LogP contribution is 2.17. The van der Waals surface area contributed by atoms with Crippen molar-refractivity contribution >= 4 is 17.7 Å². The van der Waals surface area contributed by atoms with E-state index in [-0.39, 0.29) is 5.97 Å². The summed E-state index contributed by atoms with van der Waals surface area (Å²) >= 11 is 1.60. The van der Waals surface area contributed by atoms with E-state index in [4.69, 9.17) is 10.5 Å². The van der Waals surface area contributed by atoms with Gasteiger partial charge in [-0.05, 0) is 33.6 Å². The highest BCUT2D eigenvalue weighted by atomic mass is 32.2. The molecule has 19 heavy (non-hydrogen) atoms. The number of hydrogen-bond donors (Lipinski definition) is 2. The van der Waals surface area contributed by atoms with Crippen molar-refractivity contribution in [3.63, 3.8) is 0 Å². The molecule has 1 aromatic rings. The van der Waals surface area contributed by atoms with Gasteiger partial charge in [0, 0.05) is 5.75 Å². The van der Waals surface area contributed by atoms with Crippen LogP contribution in [0.4, 0.5) is 0 Å². The average molecular weight is 286 g/mol. The van der Waals surface area contributed by atoms with Gasteiger partial charge in [0.05, 0.1) is 6.61 Å². The molecule has 0 radical (unpaired) electrons. The van der Waals surface area contributed by atoms with Crippen LogP contribution in [0.15, 0.2) is 5.16 Å². The van der Waals surface area contributed by atoms with Crippen LogP contribution in [0.1, 0.15) is 38.9 Å². The molecule has 0 aliphatic carbocycles. The van der Waals surface area contributed by atoms with Gasteiger partial charge in [-0.1, -0.05) is 18.2 Å². The van der Waals surface area contributed by atoms with Crippen molar-refractivity contribution in [2.75, 3.05) is 12.4 Å². The summed E-state index contributed by atoms with van der Waals surface area (Å²) < 4.78 is 4.94.